The van der Waals surface area contributed by atoms with E-state index in [-0.39, 0.29) is 5.82 Å². The standard InChI is InChI=1S/C15H16FNO/c1-11-10-12(18-9-8-17)6-7-13(11)14-4-2-3-5-15(14)16/h2-7,10H,8-9,17H2,1H3. The first-order valence-corrected chi connectivity index (χ1v) is 5.91. The Kier molecular flexibility index (Phi) is 3.95. The molecule has 0 aliphatic rings. The lowest BCUT2D eigenvalue weighted by Gasteiger charge is -2.10. The highest BCUT2D eigenvalue weighted by Crippen LogP contribution is 2.28. The zero-order chi connectivity index (χ0) is 13.0. The molecular weight excluding hydrogens is 229 g/mol. The van der Waals surface area contributed by atoms with Crippen LogP contribution < -0.4 is 10.5 Å². The monoisotopic (exact) mass is 245 g/mol. The van der Waals surface area contributed by atoms with Gasteiger partial charge in [0.05, 0.1) is 0 Å². The highest BCUT2D eigenvalue weighted by Gasteiger charge is 2.07. The minimum Gasteiger partial charge on any atom is -0.492 e. The van der Waals surface area contributed by atoms with Crippen molar-refractivity contribution in [3.63, 3.8) is 0 Å². The average Bonchev–Trinajstić information content (AvgIpc) is 2.38. The van der Waals surface area contributed by atoms with Gasteiger partial charge in [-0.25, -0.2) is 4.39 Å². The van der Waals surface area contributed by atoms with Crippen molar-refractivity contribution in [1.29, 1.82) is 0 Å². The van der Waals surface area contributed by atoms with Gasteiger partial charge in [0.1, 0.15) is 18.2 Å². The molecule has 0 aliphatic carbocycles. The van der Waals surface area contributed by atoms with E-state index in [4.69, 9.17) is 10.5 Å². The van der Waals surface area contributed by atoms with Crippen LogP contribution in [0.5, 0.6) is 5.75 Å². The third-order valence-electron chi connectivity index (χ3n) is 2.75. The molecule has 0 radical (unpaired) electrons. The molecule has 0 saturated carbocycles. The molecule has 2 aromatic carbocycles. The Morgan fingerprint density at radius 3 is 2.56 bits per heavy atom. The quantitative estimate of drug-likeness (QED) is 0.898. The van der Waals surface area contributed by atoms with E-state index in [1.807, 2.05) is 31.2 Å². The molecule has 2 nitrogen and oxygen atoms in total. The summed E-state index contributed by atoms with van der Waals surface area (Å²) >= 11 is 0. The van der Waals surface area contributed by atoms with Gasteiger partial charge in [-0.15, -0.1) is 0 Å². The third-order valence-corrected chi connectivity index (χ3v) is 2.75. The number of benzene rings is 2. The molecule has 3 heteroatoms. The topological polar surface area (TPSA) is 35.2 Å². The van der Waals surface area contributed by atoms with Gasteiger partial charge in [-0.05, 0) is 36.2 Å². The first-order valence-electron chi connectivity index (χ1n) is 5.91. The Morgan fingerprint density at radius 2 is 1.89 bits per heavy atom. The van der Waals surface area contributed by atoms with Crippen LogP contribution in [0.1, 0.15) is 5.56 Å². The first kappa shape index (κ1) is 12.6. The first-order chi connectivity index (χ1) is 8.72. The van der Waals surface area contributed by atoms with E-state index in [0.717, 1.165) is 16.9 Å². The molecule has 2 N–H and O–H groups in total. The van der Waals surface area contributed by atoms with Gasteiger partial charge in [0.2, 0.25) is 0 Å². The molecule has 0 amide bonds. The van der Waals surface area contributed by atoms with Gasteiger partial charge in [0, 0.05) is 12.1 Å². The van der Waals surface area contributed by atoms with Crippen molar-refractivity contribution in [1.82, 2.24) is 0 Å². The predicted molar refractivity (Wildman–Crippen MR) is 71.1 cm³/mol. The molecule has 0 aromatic heterocycles. The summed E-state index contributed by atoms with van der Waals surface area (Å²) in [5.74, 6) is 0.550. The SMILES string of the molecule is Cc1cc(OCCN)ccc1-c1ccccc1F. The maximum Gasteiger partial charge on any atom is 0.131 e. The number of ether oxygens (including phenoxy) is 1. The lowest BCUT2D eigenvalue weighted by Crippen LogP contribution is -2.10. The molecule has 94 valence electrons. The van der Waals surface area contributed by atoms with E-state index in [0.29, 0.717) is 18.7 Å². The maximum atomic E-state index is 13.7. The number of halogens is 1. The summed E-state index contributed by atoms with van der Waals surface area (Å²) in [4.78, 5) is 0. The van der Waals surface area contributed by atoms with E-state index >= 15 is 0 Å². The summed E-state index contributed by atoms with van der Waals surface area (Å²) in [6.45, 7) is 2.91. The molecule has 0 unspecified atom stereocenters. The lowest BCUT2D eigenvalue weighted by molar-refractivity contribution is 0.328. The van der Waals surface area contributed by atoms with Crippen LogP contribution in [-0.4, -0.2) is 13.2 Å². The Labute approximate surface area is 106 Å². The lowest BCUT2D eigenvalue weighted by atomic mass is 10.00. The maximum absolute atomic E-state index is 13.7. The molecular formula is C15H16FNO. The predicted octanol–water partition coefficient (Wildman–Crippen LogP) is 3.14. The highest BCUT2D eigenvalue weighted by atomic mass is 19.1. The molecule has 0 atom stereocenters. The minimum absolute atomic E-state index is 0.212. The van der Waals surface area contributed by atoms with Crippen molar-refractivity contribution in [2.45, 2.75) is 6.92 Å². The third kappa shape index (κ3) is 2.68. The molecule has 2 aromatic rings. The second-order valence-electron chi connectivity index (χ2n) is 4.09. The van der Waals surface area contributed by atoms with Gasteiger partial charge >= 0.3 is 0 Å². The fourth-order valence-corrected chi connectivity index (χ4v) is 1.88. The second kappa shape index (κ2) is 5.65. The summed E-state index contributed by atoms with van der Waals surface area (Å²) in [5, 5.41) is 0. The van der Waals surface area contributed by atoms with Crippen LogP contribution in [0.2, 0.25) is 0 Å². The fourth-order valence-electron chi connectivity index (χ4n) is 1.88. The molecule has 18 heavy (non-hydrogen) atoms. The van der Waals surface area contributed by atoms with Gasteiger partial charge in [0.15, 0.2) is 0 Å². The van der Waals surface area contributed by atoms with Crippen LogP contribution >= 0.6 is 0 Å². The van der Waals surface area contributed by atoms with E-state index < -0.39 is 0 Å². The zero-order valence-electron chi connectivity index (χ0n) is 10.3. The Hall–Kier alpha value is -1.87. The summed E-state index contributed by atoms with van der Waals surface area (Å²) in [6, 6.07) is 12.4. The van der Waals surface area contributed by atoms with Crippen LogP contribution in [0.15, 0.2) is 42.5 Å². The number of hydrogen-bond acceptors (Lipinski definition) is 2. The molecule has 0 aliphatic heterocycles. The highest BCUT2D eigenvalue weighted by molar-refractivity contribution is 5.68. The molecule has 0 spiro atoms. The average molecular weight is 245 g/mol. The number of aryl methyl sites for hydroxylation is 1. The molecule has 0 heterocycles. The van der Waals surface area contributed by atoms with E-state index in [1.165, 1.54) is 6.07 Å². The Balaban J connectivity index is 2.33. The molecule has 0 saturated heterocycles. The van der Waals surface area contributed by atoms with Crippen LogP contribution in [0.25, 0.3) is 11.1 Å². The van der Waals surface area contributed by atoms with Gasteiger partial charge in [-0.3, -0.25) is 0 Å². The smallest absolute Gasteiger partial charge is 0.131 e. The van der Waals surface area contributed by atoms with Crippen molar-refractivity contribution < 1.29 is 9.13 Å². The molecule has 2 rings (SSSR count). The molecule has 0 fully saturated rings. The van der Waals surface area contributed by atoms with Crippen molar-refractivity contribution >= 4 is 0 Å². The number of rotatable bonds is 4. The minimum atomic E-state index is -0.212. The van der Waals surface area contributed by atoms with Crippen molar-refractivity contribution in [3.05, 3.63) is 53.8 Å². The van der Waals surface area contributed by atoms with Crippen LogP contribution in [0.3, 0.4) is 0 Å². The Bertz CT molecular complexity index is 540. The normalized spacial score (nSPS) is 10.4. The van der Waals surface area contributed by atoms with Gasteiger partial charge in [-0.1, -0.05) is 24.3 Å². The fraction of sp³-hybridized carbons (Fsp3) is 0.200. The summed E-state index contributed by atoms with van der Waals surface area (Å²) < 4.78 is 19.1. The van der Waals surface area contributed by atoms with Crippen molar-refractivity contribution in [2.24, 2.45) is 5.73 Å². The van der Waals surface area contributed by atoms with E-state index in [1.54, 1.807) is 12.1 Å². The van der Waals surface area contributed by atoms with Crippen molar-refractivity contribution in [2.75, 3.05) is 13.2 Å². The van der Waals surface area contributed by atoms with Gasteiger partial charge in [0.25, 0.3) is 0 Å². The summed E-state index contributed by atoms with van der Waals surface area (Å²) in [6.07, 6.45) is 0. The van der Waals surface area contributed by atoms with Gasteiger partial charge in [-0.2, -0.15) is 0 Å². The van der Waals surface area contributed by atoms with E-state index in [9.17, 15) is 4.39 Å². The largest absolute Gasteiger partial charge is 0.492 e. The zero-order valence-corrected chi connectivity index (χ0v) is 10.3. The number of hydrogen-bond donors (Lipinski definition) is 1. The Morgan fingerprint density at radius 1 is 1.11 bits per heavy atom. The number of nitrogens with two attached hydrogens (primary N) is 1. The summed E-state index contributed by atoms with van der Waals surface area (Å²) in [7, 11) is 0. The van der Waals surface area contributed by atoms with Crippen molar-refractivity contribution in [3.8, 4) is 16.9 Å². The summed E-state index contributed by atoms with van der Waals surface area (Å²) in [5.41, 5.74) is 7.86. The van der Waals surface area contributed by atoms with Gasteiger partial charge < -0.3 is 10.5 Å². The van der Waals surface area contributed by atoms with E-state index in [2.05, 4.69) is 0 Å². The van der Waals surface area contributed by atoms with Crippen LogP contribution in [0, 0.1) is 12.7 Å². The van der Waals surface area contributed by atoms with Crippen LogP contribution in [-0.2, 0) is 0 Å². The second-order valence-corrected chi connectivity index (χ2v) is 4.09. The molecule has 0 bridgehead atoms. The van der Waals surface area contributed by atoms with Crippen LogP contribution in [0.4, 0.5) is 4.39 Å².